The number of hydrogen-bond donors (Lipinski definition) is 13. The van der Waals surface area contributed by atoms with E-state index in [2.05, 4.69) is 151 Å². The summed E-state index contributed by atoms with van der Waals surface area (Å²) in [5, 5.41) is 102. The fraction of sp³-hybridized carbons (Fsp3) is 0.667. The van der Waals surface area contributed by atoms with Crippen molar-refractivity contribution in [1.29, 1.82) is 0 Å². The minimum absolute atomic E-state index is 0.00846. The molecular formula is C108H160N10O9. The summed E-state index contributed by atoms with van der Waals surface area (Å²) >= 11 is 0. The molecule has 4 saturated carbocycles. The van der Waals surface area contributed by atoms with Gasteiger partial charge in [0.25, 0.3) is 0 Å². The predicted molar refractivity (Wildman–Crippen MR) is 512 cm³/mol. The topological polar surface area (TPSA) is 247 Å². The minimum atomic E-state index is -0.541. The lowest BCUT2D eigenvalue weighted by atomic mass is 9.61. The van der Waals surface area contributed by atoms with E-state index in [1.54, 1.807) is 0 Å². The van der Waals surface area contributed by atoms with Gasteiger partial charge >= 0.3 is 0 Å². The van der Waals surface area contributed by atoms with Crippen molar-refractivity contribution >= 4 is 0 Å². The molecule has 15 atom stereocenters. The Morgan fingerprint density at radius 2 is 0.591 bits per heavy atom. The molecule has 0 aromatic heterocycles. The summed E-state index contributed by atoms with van der Waals surface area (Å²) in [4.78, 5) is 12.5. The molecule has 14 aliphatic rings. The Labute approximate surface area is 761 Å². The second-order valence-electron chi connectivity index (χ2n) is 43.9. The zero-order valence-electron chi connectivity index (χ0n) is 79.0. The van der Waals surface area contributed by atoms with E-state index in [1.165, 1.54) is 113 Å². The zero-order valence-corrected chi connectivity index (χ0v) is 79.0. The Bertz CT molecular complexity index is 4530. The Morgan fingerprint density at radius 1 is 0.315 bits per heavy atom. The number of benzene rings is 6. The fourth-order valence-electron chi connectivity index (χ4n) is 27.3. The van der Waals surface area contributed by atoms with Crippen molar-refractivity contribution in [1.82, 2.24) is 51.1 Å². The van der Waals surface area contributed by atoms with Crippen LogP contribution in [0.25, 0.3) is 0 Å². The average molecular weight is 1740 g/mol. The number of nitrogens with one attached hydrogen (secondary N) is 5. The summed E-state index contributed by atoms with van der Waals surface area (Å²) in [6.07, 6.45) is 36.3. The summed E-state index contributed by atoms with van der Waals surface area (Å²) < 4.78 is 5.85. The number of rotatable bonds is 19. The maximum atomic E-state index is 10.9. The maximum absolute atomic E-state index is 10.9. The van der Waals surface area contributed by atoms with Crippen LogP contribution in [0.2, 0.25) is 0 Å². The summed E-state index contributed by atoms with van der Waals surface area (Å²) in [5.74, 6) is 3.73. The molecule has 127 heavy (non-hydrogen) atoms. The molecule has 0 radical (unpaired) electrons. The Balaban J connectivity index is 0.000000117. The average Bonchev–Trinajstić information content (AvgIpc) is 0.749. The lowest BCUT2D eigenvalue weighted by Crippen LogP contribution is -2.67. The first-order chi connectivity index (χ1) is 60.9. The number of para-hydroxylation sites is 1. The van der Waals surface area contributed by atoms with E-state index >= 15 is 0 Å². The molecule has 9 aliphatic carbocycles. The van der Waals surface area contributed by atoms with Gasteiger partial charge in [-0.05, 0) is 331 Å². The van der Waals surface area contributed by atoms with Crippen LogP contribution in [0.5, 0.6) is 34.5 Å². The molecule has 19 heteroatoms. The molecule has 19 nitrogen and oxygen atoms in total. The van der Waals surface area contributed by atoms with Gasteiger partial charge in [0.05, 0.1) is 16.8 Å². The fourth-order valence-corrected chi connectivity index (χ4v) is 27.3. The highest BCUT2D eigenvalue weighted by molar-refractivity contribution is 5.51. The van der Waals surface area contributed by atoms with Crippen molar-refractivity contribution in [2.75, 3.05) is 107 Å². The number of hydrogen-bond acceptors (Lipinski definition) is 19. The molecule has 6 aromatic rings. The largest absolute Gasteiger partial charge is 0.508 e. The van der Waals surface area contributed by atoms with E-state index in [1.807, 2.05) is 91.0 Å². The second kappa shape index (κ2) is 39.4. The number of fused-ring (bicyclic) bond motifs is 20. The molecule has 696 valence electrons. The van der Waals surface area contributed by atoms with Gasteiger partial charge in [0.2, 0.25) is 0 Å². The first-order valence-electron chi connectivity index (χ1n) is 50.0. The molecule has 5 heterocycles. The zero-order chi connectivity index (χ0) is 89.3. The van der Waals surface area contributed by atoms with Crippen LogP contribution in [0, 0.1) is 5.92 Å². The maximum Gasteiger partial charge on any atom is 0.119 e. The molecule has 20 rings (SSSR count). The second-order valence-corrected chi connectivity index (χ2v) is 43.9. The third-order valence-electron chi connectivity index (χ3n) is 35.5. The highest BCUT2D eigenvalue weighted by Crippen LogP contribution is 2.52. The van der Waals surface area contributed by atoms with Crippen LogP contribution in [-0.2, 0) is 59.2 Å². The van der Waals surface area contributed by atoms with Crippen LogP contribution in [0.15, 0.2) is 121 Å². The van der Waals surface area contributed by atoms with Crippen LogP contribution < -0.4 is 31.3 Å². The third-order valence-corrected chi connectivity index (χ3v) is 35.5. The third kappa shape index (κ3) is 20.1. The van der Waals surface area contributed by atoms with E-state index in [0.717, 1.165) is 212 Å². The van der Waals surface area contributed by atoms with Crippen molar-refractivity contribution in [3.8, 4) is 34.5 Å². The number of aromatic hydroxyl groups is 5. The number of phenolic OH excluding ortho intramolecular Hbond substituents is 5. The Kier molecular flexibility index (Phi) is 29.1. The van der Waals surface area contributed by atoms with Crippen molar-refractivity contribution in [2.45, 2.75) is 344 Å². The predicted octanol–water partition coefficient (Wildman–Crippen LogP) is 14.9. The monoisotopic (exact) mass is 1740 g/mol. The van der Waals surface area contributed by atoms with Crippen molar-refractivity contribution in [2.24, 2.45) is 5.92 Å². The van der Waals surface area contributed by atoms with Crippen LogP contribution >= 0.6 is 0 Å². The number of nitrogens with zero attached hydrogens (tertiary/aromatic N) is 5. The molecule has 13 N–H and O–H groups in total. The highest BCUT2D eigenvalue weighted by Gasteiger charge is 2.56. The lowest BCUT2D eigenvalue weighted by Gasteiger charge is -2.55. The molecule has 0 amide bonds. The summed E-state index contributed by atoms with van der Waals surface area (Å²) in [7, 11) is 11.2. The molecule has 5 saturated heterocycles. The van der Waals surface area contributed by atoms with E-state index in [0.29, 0.717) is 109 Å². The number of piperidine rings is 5. The van der Waals surface area contributed by atoms with Gasteiger partial charge in [-0.25, -0.2) is 0 Å². The van der Waals surface area contributed by atoms with Gasteiger partial charge in [-0.1, -0.05) is 173 Å². The quantitative estimate of drug-likeness (QED) is 0.0337. The van der Waals surface area contributed by atoms with E-state index in [9.17, 15) is 40.9 Å². The number of likely N-dealkylation sites (N-methyl/N-ethyl adjacent to an activating group) is 5. The molecule has 10 bridgehead atoms. The van der Waals surface area contributed by atoms with Gasteiger partial charge in [0.15, 0.2) is 0 Å². The minimum Gasteiger partial charge on any atom is -0.508 e. The number of ether oxygens (including phenoxy) is 1. The molecule has 9 fully saturated rings. The van der Waals surface area contributed by atoms with Crippen molar-refractivity contribution < 1.29 is 45.6 Å². The SMILES string of the molecule is CN1CC[C@]2(C)c3cc(O)ccc3C[C@@H]1[C@@H]2NCC1(O)CCCCC1.CN1CC[C@]2(C)c3cc(O)ccc3C[C@@H]1[C@@H]2NCCC1CCCCC1.CN1CC[C@]2(C)c3cc(O)ccc3C[C@@H]1[C@@H]2NCCOc1ccccc1.CN1CC[C@]2(C)c3cc(O)ccc3C[C@@H]1[C@H]2NCC1(O)CCCCC1.CN1CC[C@]2(C)c3cc(O)ccc3C[C@@H]1[C@H]2NCCC1(O)CCCCC1. The standard InChI is InChI=1S/C22H34N2O2.C22H28N2O2.C22H34N2O.2C21H32N2O2/c1-21-11-13-24(2)19(14-16-6-7-17(25)15-18(16)21)20(21)23-12-10-22(26)8-4-3-5-9-22;1-22-10-12-24(2)20(14-16-8-9-17(25)15-19(16)22)21(22)23-11-13-26-18-6-4-3-5-7-18;1-22-11-13-24(2)20(14-17-8-9-18(25)15-19(17)22)21(22)23-12-10-16-6-4-3-5-7-16;2*1-20-10-11-23(2)18(12-15-6-7-16(24)13-17(15)20)19(20)22-14-21(25)8-4-3-5-9-21/h6-7,15,19-20,23,25-26H,3-5,8-14H2,1-2H3;3-9,15,20-21,23,25H,10-14H2,1-2H3;8-9,15-16,20-21,23,25H,3-7,10-14H2,1-2H3;2*6-7,13,18-19,22,24-25H,3-5,8-12,14H2,1-2H3/t19-,20-,21-;2*20-,21+,22-;18-,19+,20-;18-,19-,20-/m11111/s1. The molecule has 6 aromatic carbocycles. The number of aliphatic hydroxyl groups is 3. The smallest absolute Gasteiger partial charge is 0.119 e. The molecule has 5 aliphatic heterocycles. The highest BCUT2D eigenvalue weighted by atomic mass is 16.5. The number of phenols is 5. The van der Waals surface area contributed by atoms with Gasteiger partial charge in [-0.3, -0.25) is 0 Å². The van der Waals surface area contributed by atoms with Gasteiger partial charge < -0.3 is 96.7 Å². The molecule has 0 spiro atoms. The summed E-state index contributed by atoms with van der Waals surface area (Å²) in [6, 6.07) is 43.8. The van der Waals surface area contributed by atoms with E-state index in [-0.39, 0.29) is 27.1 Å². The Morgan fingerprint density at radius 3 is 0.906 bits per heavy atom. The van der Waals surface area contributed by atoms with Crippen molar-refractivity contribution in [3.05, 3.63) is 177 Å². The van der Waals surface area contributed by atoms with Gasteiger partial charge in [0.1, 0.15) is 41.1 Å². The Hall–Kier alpha value is -6.40. The van der Waals surface area contributed by atoms with Crippen LogP contribution in [0.1, 0.15) is 264 Å². The van der Waals surface area contributed by atoms with Crippen LogP contribution in [-0.4, -0.2) is 250 Å². The van der Waals surface area contributed by atoms with Crippen molar-refractivity contribution in [3.63, 3.8) is 0 Å². The first-order valence-corrected chi connectivity index (χ1v) is 50.0. The van der Waals surface area contributed by atoms with Crippen LogP contribution in [0.3, 0.4) is 0 Å². The van der Waals surface area contributed by atoms with Gasteiger partial charge in [0, 0.05) is 107 Å². The van der Waals surface area contributed by atoms with E-state index in [4.69, 9.17) is 4.74 Å². The van der Waals surface area contributed by atoms with Gasteiger partial charge in [-0.15, -0.1) is 0 Å². The summed E-state index contributed by atoms with van der Waals surface area (Å²) in [6.45, 7) is 22.2. The normalized spacial score (nSPS) is 32.7. The van der Waals surface area contributed by atoms with Crippen LogP contribution in [0.4, 0.5) is 0 Å². The number of likely N-dealkylation sites (tertiary alicyclic amines) is 5. The first kappa shape index (κ1) is 93.8. The summed E-state index contributed by atoms with van der Waals surface area (Å²) in [5.41, 5.74) is 12.2. The lowest BCUT2D eigenvalue weighted by molar-refractivity contribution is -0.0117. The van der Waals surface area contributed by atoms with Gasteiger partial charge in [-0.2, -0.15) is 0 Å². The molecule has 0 unspecified atom stereocenters. The molecular weight excluding hydrogens is 1580 g/mol. The van der Waals surface area contributed by atoms with E-state index < -0.39 is 16.8 Å².